The molecule has 0 unspecified atom stereocenters. The third-order valence-corrected chi connectivity index (χ3v) is 5.39. The van der Waals surface area contributed by atoms with Gasteiger partial charge >= 0.3 is 0 Å². The summed E-state index contributed by atoms with van der Waals surface area (Å²) in [4.78, 5) is 26.1. The third-order valence-electron chi connectivity index (χ3n) is 5.39. The smallest absolute Gasteiger partial charge is 0.220 e. The first-order chi connectivity index (χ1) is 13.5. The van der Waals surface area contributed by atoms with Crippen LogP contribution in [0.5, 0.6) is 0 Å². The number of amides is 1. The van der Waals surface area contributed by atoms with Crippen molar-refractivity contribution in [1.82, 2.24) is 5.32 Å². The van der Waals surface area contributed by atoms with Crippen LogP contribution in [0.4, 0.5) is 0 Å². The van der Waals surface area contributed by atoms with Crippen LogP contribution in [-0.4, -0.2) is 25.8 Å². The van der Waals surface area contributed by atoms with Gasteiger partial charge in [0.1, 0.15) is 6.54 Å². The monoisotopic (exact) mass is 379 g/mol. The van der Waals surface area contributed by atoms with Gasteiger partial charge in [-0.2, -0.15) is 0 Å². The summed E-state index contributed by atoms with van der Waals surface area (Å²) in [7, 11) is 4.23. The molecule has 0 saturated heterocycles. The zero-order valence-electron chi connectivity index (χ0n) is 17.0. The Morgan fingerprint density at radius 3 is 2.39 bits per heavy atom. The Balaban J connectivity index is 1.50. The molecule has 4 heteroatoms. The van der Waals surface area contributed by atoms with Crippen molar-refractivity contribution in [3.05, 3.63) is 70.3 Å². The molecule has 0 saturated carbocycles. The second kappa shape index (κ2) is 9.65. The fourth-order valence-corrected chi connectivity index (χ4v) is 3.84. The van der Waals surface area contributed by atoms with E-state index in [0.29, 0.717) is 6.54 Å². The molecule has 1 aliphatic carbocycles. The summed E-state index contributed by atoms with van der Waals surface area (Å²) >= 11 is 0. The minimum absolute atomic E-state index is 0.0557. The molecule has 1 amide bonds. The Bertz CT molecular complexity index is 842. The molecule has 0 atom stereocenters. The van der Waals surface area contributed by atoms with Crippen molar-refractivity contribution in [3.63, 3.8) is 0 Å². The van der Waals surface area contributed by atoms with Gasteiger partial charge in [-0.3, -0.25) is 9.59 Å². The molecular weight excluding hydrogens is 348 g/mol. The van der Waals surface area contributed by atoms with Crippen molar-refractivity contribution in [3.8, 4) is 0 Å². The standard InChI is InChI=1S/C24H30N2O2/c1-26(2)17-22-10-6-5-9-21(22)16-25-24(28)14-13-23(27)20-12-11-18-7-3-4-8-19(18)15-20/h5-6,9-12,15H,3-4,7-8,13-14,16-17H2,1-2H3,(H,25,28)/p+1. The average molecular weight is 380 g/mol. The highest BCUT2D eigenvalue weighted by Gasteiger charge is 2.14. The maximum absolute atomic E-state index is 12.5. The first kappa shape index (κ1) is 20.3. The number of nitrogens with one attached hydrogen (secondary N) is 2. The number of benzene rings is 2. The van der Waals surface area contributed by atoms with Gasteiger partial charge in [0.15, 0.2) is 5.78 Å². The summed E-state index contributed by atoms with van der Waals surface area (Å²) in [5.74, 6) is -0.0153. The number of Topliss-reactive ketones (excluding diaryl/α,β-unsaturated/α-hetero) is 1. The number of ketones is 1. The predicted molar refractivity (Wildman–Crippen MR) is 111 cm³/mol. The summed E-state index contributed by atoms with van der Waals surface area (Å²) in [5, 5.41) is 2.97. The minimum Gasteiger partial charge on any atom is -0.352 e. The number of quaternary nitrogens is 1. The molecule has 28 heavy (non-hydrogen) atoms. The number of rotatable bonds is 8. The molecule has 4 nitrogen and oxygen atoms in total. The average Bonchev–Trinajstić information content (AvgIpc) is 2.70. The summed E-state index contributed by atoms with van der Waals surface area (Å²) in [6, 6.07) is 14.2. The minimum atomic E-state index is -0.0710. The van der Waals surface area contributed by atoms with E-state index in [2.05, 4.69) is 37.6 Å². The van der Waals surface area contributed by atoms with Crippen molar-refractivity contribution >= 4 is 11.7 Å². The van der Waals surface area contributed by atoms with E-state index in [4.69, 9.17) is 0 Å². The predicted octanol–water partition coefficient (Wildman–Crippen LogP) is 2.49. The Morgan fingerprint density at radius 2 is 1.64 bits per heavy atom. The highest BCUT2D eigenvalue weighted by atomic mass is 16.2. The van der Waals surface area contributed by atoms with E-state index in [0.717, 1.165) is 30.5 Å². The Morgan fingerprint density at radius 1 is 0.929 bits per heavy atom. The van der Waals surface area contributed by atoms with Crippen LogP contribution in [-0.2, 0) is 30.7 Å². The van der Waals surface area contributed by atoms with E-state index < -0.39 is 0 Å². The Kier molecular flexibility index (Phi) is 6.99. The van der Waals surface area contributed by atoms with E-state index in [1.54, 1.807) is 0 Å². The molecule has 0 heterocycles. The fourth-order valence-electron chi connectivity index (χ4n) is 3.84. The maximum atomic E-state index is 12.5. The molecule has 2 aromatic rings. The normalized spacial score (nSPS) is 13.2. The van der Waals surface area contributed by atoms with Gasteiger partial charge in [-0.25, -0.2) is 0 Å². The second-order valence-electron chi connectivity index (χ2n) is 8.04. The summed E-state index contributed by atoms with van der Waals surface area (Å²) in [6.07, 6.45) is 5.10. The Hall–Kier alpha value is -2.46. The fraction of sp³-hybridized carbons (Fsp3) is 0.417. The SMILES string of the molecule is C[NH+](C)Cc1ccccc1CNC(=O)CCC(=O)c1ccc2c(c1)CCCC2. The zero-order valence-corrected chi connectivity index (χ0v) is 17.0. The topological polar surface area (TPSA) is 50.6 Å². The molecule has 2 N–H and O–H groups in total. The van der Waals surface area contributed by atoms with Gasteiger partial charge in [0.2, 0.25) is 5.91 Å². The lowest BCUT2D eigenvalue weighted by atomic mass is 9.89. The second-order valence-corrected chi connectivity index (χ2v) is 8.04. The Labute approximate surface area is 167 Å². The van der Waals surface area contributed by atoms with Gasteiger partial charge in [0, 0.05) is 30.5 Å². The van der Waals surface area contributed by atoms with Crippen molar-refractivity contribution in [1.29, 1.82) is 0 Å². The first-order valence-corrected chi connectivity index (χ1v) is 10.3. The molecule has 0 bridgehead atoms. The molecular formula is C24H31N2O2+. The lowest BCUT2D eigenvalue weighted by Crippen LogP contribution is -3.04. The number of hydrogen-bond acceptors (Lipinski definition) is 2. The van der Waals surface area contributed by atoms with Crippen LogP contribution in [0, 0.1) is 0 Å². The lowest BCUT2D eigenvalue weighted by molar-refractivity contribution is -0.872. The van der Waals surface area contributed by atoms with Crippen LogP contribution < -0.4 is 10.2 Å². The van der Waals surface area contributed by atoms with Gasteiger partial charge in [-0.1, -0.05) is 36.4 Å². The molecule has 0 aliphatic heterocycles. The number of carbonyl (C=O) groups excluding carboxylic acids is 2. The molecule has 3 rings (SSSR count). The lowest BCUT2D eigenvalue weighted by Gasteiger charge is -2.16. The number of aryl methyl sites for hydroxylation is 2. The van der Waals surface area contributed by atoms with Crippen LogP contribution >= 0.6 is 0 Å². The van der Waals surface area contributed by atoms with Crippen molar-refractivity contribution in [2.45, 2.75) is 51.6 Å². The first-order valence-electron chi connectivity index (χ1n) is 10.3. The van der Waals surface area contributed by atoms with Gasteiger partial charge in [0.05, 0.1) is 14.1 Å². The van der Waals surface area contributed by atoms with E-state index in [1.807, 2.05) is 24.3 Å². The maximum Gasteiger partial charge on any atom is 0.220 e. The summed E-state index contributed by atoms with van der Waals surface area (Å²) in [5.41, 5.74) is 5.80. The van der Waals surface area contributed by atoms with Gasteiger partial charge in [-0.05, 0) is 48.4 Å². The molecule has 1 aliphatic rings. The van der Waals surface area contributed by atoms with Crippen molar-refractivity contribution in [2.75, 3.05) is 14.1 Å². The third kappa shape index (κ3) is 5.52. The van der Waals surface area contributed by atoms with E-state index in [-0.39, 0.29) is 24.5 Å². The van der Waals surface area contributed by atoms with E-state index in [9.17, 15) is 9.59 Å². The van der Waals surface area contributed by atoms with Crippen LogP contribution in [0.15, 0.2) is 42.5 Å². The summed E-state index contributed by atoms with van der Waals surface area (Å²) in [6.45, 7) is 1.43. The zero-order chi connectivity index (χ0) is 19.9. The van der Waals surface area contributed by atoms with Crippen molar-refractivity contribution < 1.29 is 14.5 Å². The van der Waals surface area contributed by atoms with Gasteiger partial charge < -0.3 is 10.2 Å². The van der Waals surface area contributed by atoms with E-state index in [1.165, 1.54) is 34.4 Å². The number of fused-ring (bicyclic) bond motifs is 1. The number of hydrogen-bond donors (Lipinski definition) is 2. The number of carbonyl (C=O) groups is 2. The van der Waals surface area contributed by atoms with Crippen LogP contribution in [0.3, 0.4) is 0 Å². The molecule has 148 valence electrons. The van der Waals surface area contributed by atoms with Crippen molar-refractivity contribution in [2.24, 2.45) is 0 Å². The highest BCUT2D eigenvalue weighted by molar-refractivity contribution is 5.98. The molecule has 0 spiro atoms. The molecule has 0 radical (unpaired) electrons. The van der Waals surface area contributed by atoms with Gasteiger partial charge in [0.25, 0.3) is 0 Å². The molecule has 2 aromatic carbocycles. The largest absolute Gasteiger partial charge is 0.352 e. The van der Waals surface area contributed by atoms with Crippen LogP contribution in [0.1, 0.15) is 58.3 Å². The highest BCUT2D eigenvalue weighted by Crippen LogP contribution is 2.23. The van der Waals surface area contributed by atoms with Crippen LogP contribution in [0.2, 0.25) is 0 Å². The molecule has 0 fully saturated rings. The van der Waals surface area contributed by atoms with Gasteiger partial charge in [-0.15, -0.1) is 0 Å². The molecule has 0 aromatic heterocycles. The quantitative estimate of drug-likeness (QED) is 0.693. The van der Waals surface area contributed by atoms with E-state index >= 15 is 0 Å². The van der Waals surface area contributed by atoms with Crippen LogP contribution in [0.25, 0.3) is 0 Å². The summed E-state index contributed by atoms with van der Waals surface area (Å²) < 4.78 is 0.